The minimum absolute atomic E-state index is 0.132. The zero-order valence-corrected chi connectivity index (χ0v) is 11.1. The fourth-order valence-electron chi connectivity index (χ4n) is 1.78. The summed E-state index contributed by atoms with van der Waals surface area (Å²) >= 11 is 5.86. The van der Waals surface area contributed by atoms with Crippen LogP contribution in [0.15, 0.2) is 42.5 Å². The molecule has 98 valence electrons. The van der Waals surface area contributed by atoms with E-state index in [-0.39, 0.29) is 17.2 Å². The molecule has 0 saturated heterocycles. The van der Waals surface area contributed by atoms with Crippen molar-refractivity contribution in [1.29, 1.82) is 0 Å². The van der Waals surface area contributed by atoms with Gasteiger partial charge in [0.1, 0.15) is 11.6 Å². The van der Waals surface area contributed by atoms with Crippen LogP contribution >= 0.6 is 11.6 Å². The minimum atomic E-state index is -0.456. The molecule has 0 bridgehead atoms. The first-order valence-electron chi connectivity index (χ1n) is 5.71. The smallest absolute Gasteiger partial charge is 0.168 e. The number of methoxy groups -OCH3 is 1. The van der Waals surface area contributed by atoms with Gasteiger partial charge in [0.25, 0.3) is 0 Å². The molecule has 19 heavy (non-hydrogen) atoms. The summed E-state index contributed by atoms with van der Waals surface area (Å²) in [5.74, 6) is 0.0803. The predicted molar refractivity (Wildman–Crippen MR) is 72.4 cm³/mol. The van der Waals surface area contributed by atoms with Crippen molar-refractivity contribution in [2.24, 2.45) is 0 Å². The van der Waals surface area contributed by atoms with Gasteiger partial charge < -0.3 is 4.74 Å². The van der Waals surface area contributed by atoms with Gasteiger partial charge in [-0.2, -0.15) is 0 Å². The van der Waals surface area contributed by atoms with E-state index < -0.39 is 5.82 Å². The lowest BCUT2D eigenvalue weighted by Gasteiger charge is -2.05. The molecule has 0 spiro atoms. The number of halogens is 2. The molecule has 0 atom stereocenters. The molecule has 0 aliphatic carbocycles. The van der Waals surface area contributed by atoms with E-state index in [1.165, 1.54) is 12.1 Å². The molecule has 0 aliphatic heterocycles. The molecule has 2 nitrogen and oxygen atoms in total. The van der Waals surface area contributed by atoms with E-state index >= 15 is 0 Å². The van der Waals surface area contributed by atoms with Gasteiger partial charge in [-0.25, -0.2) is 4.39 Å². The maximum Gasteiger partial charge on any atom is 0.168 e. The zero-order valence-electron chi connectivity index (χ0n) is 10.3. The van der Waals surface area contributed by atoms with Crippen molar-refractivity contribution >= 4 is 17.4 Å². The highest BCUT2D eigenvalue weighted by Crippen LogP contribution is 2.20. The van der Waals surface area contributed by atoms with Crippen molar-refractivity contribution in [2.45, 2.75) is 6.42 Å². The topological polar surface area (TPSA) is 26.3 Å². The monoisotopic (exact) mass is 278 g/mol. The van der Waals surface area contributed by atoms with E-state index in [1.807, 2.05) is 12.1 Å². The molecule has 0 amide bonds. The second-order valence-corrected chi connectivity index (χ2v) is 4.48. The number of hydrogen-bond acceptors (Lipinski definition) is 2. The summed E-state index contributed by atoms with van der Waals surface area (Å²) in [5.41, 5.74) is 1.15. The van der Waals surface area contributed by atoms with Crippen LogP contribution < -0.4 is 4.74 Å². The molecular formula is C15H12ClFO2. The fraction of sp³-hybridized carbons (Fsp3) is 0.133. The number of carbonyl (C=O) groups is 1. The van der Waals surface area contributed by atoms with Gasteiger partial charge in [-0.1, -0.05) is 23.7 Å². The van der Waals surface area contributed by atoms with Crippen molar-refractivity contribution in [2.75, 3.05) is 7.11 Å². The van der Waals surface area contributed by atoms with Crippen LogP contribution in [0.1, 0.15) is 15.9 Å². The molecule has 0 unspecified atom stereocenters. The fourth-order valence-corrected chi connectivity index (χ4v) is 2.05. The molecule has 0 saturated carbocycles. The third kappa shape index (κ3) is 3.32. The normalized spacial score (nSPS) is 10.3. The summed E-state index contributed by atoms with van der Waals surface area (Å²) in [5, 5.41) is 0.132. The molecule has 0 aliphatic rings. The summed E-state index contributed by atoms with van der Waals surface area (Å²) in [7, 11) is 1.57. The van der Waals surface area contributed by atoms with Crippen molar-refractivity contribution in [3.05, 3.63) is 64.4 Å². The molecule has 2 aromatic rings. The Balaban J connectivity index is 2.20. The van der Waals surface area contributed by atoms with Gasteiger partial charge in [-0.15, -0.1) is 0 Å². The molecule has 0 radical (unpaired) electrons. The van der Waals surface area contributed by atoms with Gasteiger partial charge >= 0.3 is 0 Å². The van der Waals surface area contributed by atoms with Gasteiger partial charge in [0.2, 0.25) is 0 Å². The number of ether oxygens (including phenoxy) is 1. The van der Waals surface area contributed by atoms with Crippen molar-refractivity contribution < 1.29 is 13.9 Å². The molecule has 0 heterocycles. The lowest BCUT2D eigenvalue weighted by atomic mass is 10.0. The Hall–Kier alpha value is -1.87. The van der Waals surface area contributed by atoms with Crippen molar-refractivity contribution in [3.8, 4) is 5.75 Å². The van der Waals surface area contributed by atoms with E-state index in [2.05, 4.69) is 0 Å². The molecule has 2 rings (SSSR count). The zero-order chi connectivity index (χ0) is 13.8. The Labute approximate surface area is 115 Å². The third-order valence-corrected chi connectivity index (χ3v) is 3.04. The lowest BCUT2D eigenvalue weighted by Crippen LogP contribution is -2.04. The van der Waals surface area contributed by atoms with Crippen LogP contribution in [0.2, 0.25) is 5.02 Å². The average molecular weight is 279 g/mol. The second kappa shape index (κ2) is 5.85. The molecule has 0 fully saturated rings. The van der Waals surface area contributed by atoms with Gasteiger partial charge in [-0.05, 0) is 35.9 Å². The molecule has 0 aromatic heterocycles. The second-order valence-electron chi connectivity index (χ2n) is 4.08. The number of Topliss-reactive ketones (excluding diaryl/α,β-unsaturated/α-hetero) is 1. The van der Waals surface area contributed by atoms with Crippen LogP contribution in [0, 0.1) is 5.82 Å². The van der Waals surface area contributed by atoms with Gasteiger partial charge in [0.15, 0.2) is 5.78 Å². The number of rotatable bonds is 4. The van der Waals surface area contributed by atoms with E-state index in [1.54, 1.807) is 19.2 Å². The van der Waals surface area contributed by atoms with Gasteiger partial charge in [-0.3, -0.25) is 4.79 Å². The number of hydrogen-bond donors (Lipinski definition) is 0. The Morgan fingerprint density at radius 3 is 2.74 bits per heavy atom. The van der Waals surface area contributed by atoms with E-state index in [0.29, 0.717) is 11.3 Å². The molecule has 0 N–H and O–H groups in total. The number of benzene rings is 2. The Bertz CT molecular complexity index is 611. The highest BCUT2D eigenvalue weighted by molar-refractivity contribution is 6.34. The van der Waals surface area contributed by atoms with Crippen LogP contribution in [0.5, 0.6) is 5.75 Å². The van der Waals surface area contributed by atoms with Crippen LogP contribution in [0.25, 0.3) is 0 Å². The Kier molecular flexibility index (Phi) is 4.17. The van der Waals surface area contributed by atoms with Crippen molar-refractivity contribution in [3.63, 3.8) is 0 Å². The first kappa shape index (κ1) is 13.6. The first-order chi connectivity index (χ1) is 9.10. The molecular weight excluding hydrogens is 267 g/mol. The van der Waals surface area contributed by atoms with Gasteiger partial charge in [0.05, 0.1) is 12.1 Å². The first-order valence-corrected chi connectivity index (χ1v) is 6.09. The third-order valence-electron chi connectivity index (χ3n) is 2.73. The summed E-state index contributed by atoms with van der Waals surface area (Å²) in [6.45, 7) is 0. The highest BCUT2D eigenvalue weighted by atomic mass is 35.5. The lowest BCUT2D eigenvalue weighted by molar-refractivity contribution is 0.0993. The number of carbonyl (C=O) groups excluding carboxylic acids is 1. The Morgan fingerprint density at radius 1 is 1.26 bits per heavy atom. The number of ketones is 1. The highest BCUT2D eigenvalue weighted by Gasteiger charge is 2.12. The van der Waals surface area contributed by atoms with E-state index in [0.717, 1.165) is 11.6 Å². The quantitative estimate of drug-likeness (QED) is 0.793. The standard InChI is InChI=1S/C15H12ClFO2/c1-19-12-4-2-3-10(7-12)8-15(18)13-6-5-11(17)9-14(13)16/h2-7,9H,8H2,1H3. The largest absolute Gasteiger partial charge is 0.497 e. The van der Waals surface area contributed by atoms with Crippen LogP contribution in [0.3, 0.4) is 0 Å². The summed E-state index contributed by atoms with van der Waals surface area (Å²) < 4.78 is 18.0. The van der Waals surface area contributed by atoms with Gasteiger partial charge in [0, 0.05) is 12.0 Å². The summed E-state index contributed by atoms with van der Waals surface area (Å²) in [6.07, 6.45) is 0.197. The van der Waals surface area contributed by atoms with Crippen molar-refractivity contribution in [1.82, 2.24) is 0 Å². The minimum Gasteiger partial charge on any atom is -0.497 e. The average Bonchev–Trinajstić information content (AvgIpc) is 2.38. The van der Waals surface area contributed by atoms with Crippen LogP contribution in [-0.4, -0.2) is 12.9 Å². The Morgan fingerprint density at radius 2 is 2.05 bits per heavy atom. The maximum absolute atomic E-state index is 12.9. The molecule has 4 heteroatoms. The molecule has 2 aromatic carbocycles. The SMILES string of the molecule is COc1cccc(CC(=O)c2ccc(F)cc2Cl)c1. The van der Waals surface area contributed by atoms with E-state index in [4.69, 9.17) is 16.3 Å². The van der Waals surface area contributed by atoms with E-state index in [9.17, 15) is 9.18 Å². The van der Waals surface area contributed by atoms with Crippen LogP contribution in [-0.2, 0) is 6.42 Å². The summed E-state index contributed by atoms with van der Waals surface area (Å²) in [4.78, 5) is 12.1. The predicted octanol–water partition coefficient (Wildman–Crippen LogP) is 3.91. The summed E-state index contributed by atoms with van der Waals surface area (Å²) in [6, 6.07) is 11.0. The van der Waals surface area contributed by atoms with Crippen LogP contribution in [0.4, 0.5) is 4.39 Å². The maximum atomic E-state index is 12.9.